The van der Waals surface area contributed by atoms with Gasteiger partial charge in [-0.3, -0.25) is 0 Å². The Kier molecular flexibility index (Phi) is 12.5. The van der Waals surface area contributed by atoms with Crippen molar-refractivity contribution in [1.82, 2.24) is 0 Å². The Hall–Kier alpha value is -5.28. The van der Waals surface area contributed by atoms with Gasteiger partial charge in [0.25, 0.3) is 0 Å². The molecule has 1 atom stereocenters. The Bertz CT molecular complexity index is 3270. The highest BCUT2D eigenvalue weighted by atomic mass is 31.1. The van der Waals surface area contributed by atoms with Crippen LogP contribution in [0.25, 0.3) is 55.0 Å². The van der Waals surface area contributed by atoms with Crippen LogP contribution in [-0.4, -0.2) is 0 Å². The largest absolute Gasteiger partial charge is 0.453 e. The van der Waals surface area contributed by atoms with E-state index in [2.05, 4.69) is 168 Å². The first-order valence-corrected chi connectivity index (χ1v) is 25.9. The Balaban J connectivity index is 1.39. The number of fused-ring (bicyclic) bond motifs is 6. The van der Waals surface area contributed by atoms with E-state index in [4.69, 9.17) is 25.8 Å². The van der Waals surface area contributed by atoms with Gasteiger partial charge in [0, 0.05) is 49.4 Å². The van der Waals surface area contributed by atoms with Crippen LogP contribution in [0.15, 0.2) is 89.6 Å². The van der Waals surface area contributed by atoms with Crippen molar-refractivity contribution in [2.24, 2.45) is 0 Å². The molecule has 8 rings (SSSR count). The highest BCUT2D eigenvalue weighted by Crippen LogP contribution is 2.50. The smallest absolute Gasteiger partial charge is 0.390 e. The molecule has 0 N–H and O–H groups in total. The third-order valence-corrected chi connectivity index (χ3v) is 15.9. The van der Waals surface area contributed by atoms with Crippen molar-refractivity contribution in [1.29, 1.82) is 0 Å². The maximum Gasteiger partial charge on any atom is 0.453 e. The molecule has 0 amide bonds. The molecule has 2 aromatic heterocycles. The zero-order chi connectivity index (χ0) is 48.8. The lowest BCUT2D eigenvalue weighted by Crippen LogP contribution is -2.13. The monoisotopic (exact) mass is 936 g/mol. The number of para-hydroxylation sites is 2. The molecule has 0 radical (unpaired) electrons. The molecule has 352 valence electrons. The van der Waals surface area contributed by atoms with Crippen molar-refractivity contribution < 1.29 is 25.8 Å². The van der Waals surface area contributed by atoms with Crippen LogP contribution in [0.4, 0.5) is 0 Å². The Morgan fingerprint density at radius 1 is 0.403 bits per heavy atom. The maximum atomic E-state index is 7.18. The molecule has 6 aromatic carbocycles. The van der Waals surface area contributed by atoms with E-state index in [9.17, 15) is 0 Å². The Morgan fingerprint density at radius 2 is 0.687 bits per heavy atom. The van der Waals surface area contributed by atoms with E-state index >= 15 is 0 Å². The fraction of sp³-hybridized carbons (Fsp3) is 0.390. The van der Waals surface area contributed by atoms with Gasteiger partial charge in [-0.15, -0.1) is 0 Å². The normalized spacial score (nSPS) is 12.8. The Morgan fingerprint density at radius 3 is 1.00 bits per heavy atom. The summed E-state index contributed by atoms with van der Waals surface area (Å²) in [6.45, 7) is 42.2. The summed E-state index contributed by atoms with van der Waals surface area (Å²) in [5, 5.41) is 4.32. The average molecular weight is 937 g/mol. The lowest BCUT2D eigenvalue weighted by molar-refractivity contribution is 0.486. The molecule has 1 unspecified atom stereocenters. The van der Waals surface area contributed by atoms with Crippen molar-refractivity contribution >= 4 is 60.4 Å². The maximum absolute atomic E-state index is 7.18. The van der Waals surface area contributed by atoms with Gasteiger partial charge >= 0.3 is 16.5 Å². The third-order valence-electron chi connectivity index (χ3n) is 13.8. The van der Waals surface area contributed by atoms with Crippen LogP contribution in [0.2, 0.25) is 0 Å². The first kappa shape index (κ1) is 48.2. The van der Waals surface area contributed by atoms with Gasteiger partial charge in [0.2, 0.25) is 0 Å². The van der Waals surface area contributed by atoms with Crippen molar-refractivity contribution in [3.05, 3.63) is 140 Å². The summed E-state index contributed by atoms with van der Waals surface area (Å²) in [4.78, 5) is 0. The van der Waals surface area contributed by atoms with Crippen molar-refractivity contribution in [3.8, 4) is 22.6 Å². The molecular weight excluding hydrogens is 867 g/mol. The van der Waals surface area contributed by atoms with Crippen LogP contribution in [0, 0.1) is 55.4 Å². The second-order valence-corrected chi connectivity index (χ2v) is 24.2. The molecule has 0 bridgehead atoms. The molecule has 0 aliphatic heterocycles. The van der Waals surface area contributed by atoms with E-state index in [1.54, 1.807) is 0 Å². The fourth-order valence-corrected chi connectivity index (χ4v) is 11.6. The summed E-state index contributed by atoms with van der Waals surface area (Å²) in [6.07, 6.45) is 0. The van der Waals surface area contributed by atoms with Crippen LogP contribution in [0.1, 0.15) is 149 Å². The van der Waals surface area contributed by atoms with Gasteiger partial charge < -0.3 is 25.8 Å². The molecule has 0 fully saturated rings. The summed E-state index contributed by atoms with van der Waals surface area (Å²) >= 11 is 0. The van der Waals surface area contributed by atoms with Gasteiger partial charge in [-0.25, -0.2) is 0 Å². The number of rotatable bonds is 6. The lowest BCUT2D eigenvalue weighted by Gasteiger charge is -2.23. The molecule has 0 spiro atoms. The highest BCUT2D eigenvalue weighted by molar-refractivity contribution is 7.32. The summed E-state index contributed by atoms with van der Waals surface area (Å²) < 4.78 is 42.9. The molecule has 0 aliphatic rings. The van der Waals surface area contributed by atoms with Gasteiger partial charge in [0.1, 0.15) is 33.8 Å². The SMILES string of the molecule is Cc1cc(C(C)C)c2op(Oc3ccccc3-c3ccccc3Op3oc4c(C(C)(C)C)cc(C)c(C)c4c4c(C)c(C)cc(C(C)(C)C)c4o3)oc3c(C(C)(C)C)cc(C)c(C)c3c2c1C. The summed E-state index contributed by atoms with van der Waals surface area (Å²) in [5.41, 5.74) is 18.3. The number of benzene rings is 6. The number of aryl methyl sites for hydroxylation is 8. The third kappa shape index (κ3) is 8.75. The average Bonchev–Trinajstić information content (AvgIpc) is 3.51. The predicted molar refractivity (Wildman–Crippen MR) is 285 cm³/mol. The van der Waals surface area contributed by atoms with Crippen molar-refractivity contribution in [3.63, 3.8) is 0 Å². The molecule has 8 heteroatoms. The standard InChI is InChI=1S/C59H70O6P2/c1-32(2)43-28-33(3)37(7)49-50-38(8)34(4)29-44(57(11,12)13)54(50)63-66(62-53(43)49)60-47-26-22-20-24-41(47)42-25-21-23-27-48(42)61-67-64-55-45(58(14,15)16)30-35(5)39(9)51(55)52-40(10)36(6)31-46(56(52)65-67)59(17,18)19/h20-32H,1-19H3. The van der Waals surface area contributed by atoms with E-state index in [1.807, 2.05) is 36.4 Å². The van der Waals surface area contributed by atoms with E-state index in [0.29, 0.717) is 11.5 Å². The number of hydrogen-bond acceptors (Lipinski definition) is 6. The predicted octanol–water partition coefficient (Wildman–Crippen LogP) is 19.7. The van der Waals surface area contributed by atoms with Gasteiger partial charge in [-0.1, -0.05) is 137 Å². The quantitative estimate of drug-likeness (QED) is 0.165. The first-order chi connectivity index (χ1) is 31.3. The minimum absolute atomic E-state index is 0.198. The molecule has 0 saturated heterocycles. The number of hydrogen-bond donors (Lipinski definition) is 0. The molecular formula is C59H70O6P2. The summed E-state index contributed by atoms with van der Waals surface area (Å²) in [5.74, 6) is 1.42. The van der Waals surface area contributed by atoms with E-state index in [0.717, 1.165) is 77.3 Å². The van der Waals surface area contributed by atoms with Crippen molar-refractivity contribution in [2.45, 2.75) is 154 Å². The molecule has 6 nitrogen and oxygen atoms in total. The fourth-order valence-electron chi connectivity index (χ4n) is 9.39. The second-order valence-electron chi connectivity index (χ2n) is 22.2. The summed E-state index contributed by atoms with van der Waals surface area (Å²) in [6, 6.07) is 25.2. The molecule has 0 saturated carbocycles. The van der Waals surface area contributed by atoms with Gasteiger partial charge in [-0.2, -0.15) is 0 Å². The highest BCUT2D eigenvalue weighted by Gasteiger charge is 2.29. The molecule has 0 aliphatic carbocycles. The minimum atomic E-state index is -2.04. The Labute approximate surface area is 400 Å². The second kappa shape index (κ2) is 17.4. The van der Waals surface area contributed by atoms with Crippen LogP contribution in [0.3, 0.4) is 0 Å². The molecule has 67 heavy (non-hydrogen) atoms. The van der Waals surface area contributed by atoms with Gasteiger partial charge in [0.05, 0.1) is 0 Å². The van der Waals surface area contributed by atoms with Crippen LogP contribution < -0.4 is 9.05 Å². The van der Waals surface area contributed by atoms with E-state index in [1.165, 1.54) is 44.5 Å². The van der Waals surface area contributed by atoms with Crippen LogP contribution >= 0.6 is 16.5 Å². The molecule has 2 heterocycles. The molecule has 8 aromatic rings. The van der Waals surface area contributed by atoms with Gasteiger partial charge in [0.15, 0.2) is 0 Å². The van der Waals surface area contributed by atoms with Crippen LogP contribution in [-0.2, 0) is 16.2 Å². The summed E-state index contributed by atoms with van der Waals surface area (Å²) in [7, 11) is -4.05. The van der Waals surface area contributed by atoms with Gasteiger partial charge in [-0.05, 0) is 140 Å². The van der Waals surface area contributed by atoms with Crippen LogP contribution in [0.5, 0.6) is 11.5 Å². The van der Waals surface area contributed by atoms with Crippen molar-refractivity contribution in [2.75, 3.05) is 0 Å². The lowest BCUT2D eigenvalue weighted by atomic mass is 9.81. The minimum Gasteiger partial charge on any atom is -0.390 e. The van der Waals surface area contributed by atoms with E-state index in [-0.39, 0.29) is 22.2 Å². The first-order valence-electron chi connectivity index (χ1n) is 23.7. The van der Waals surface area contributed by atoms with E-state index < -0.39 is 16.5 Å². The zero-order valence-corrected chi connectivity index (χ0v) is 45.1. The topological polar surface area (TPSA) is 71.0 Å². The zero-order valence-electron chi connectivity index (χ0n) is 43.3.